The van der Waals surface area contributed by atoms with Gasteiger partial charge < -0.3 is 14.9 Å². The van der Waals surface area contributed by atoms with Crippen LogP contribution in [0.5, 0.6) is 0 Å². The SMILES string of the molecule is CCOCCC12CC3CC(CC(C3)C1)C2.O=C(O)O. The van der Waals surface area contributed by atoms with E-state index >= 15 is 0 Å². The van der Waals surface area contributed by atoms with Crippen LogP contribution in [0.3, 0.4) is 0 Å². The van der Waals surface area contributed by atoms with Crippen molar-refractivity contribution in [3.8, 4) is 0 Å². The normalized spacial score (nSPS) is 38.7. The molecule has 4 aliphatic rings. The van der Waals surface area contributed by atoms with Crippen LogP contribution in [-0.4, -0.2) is 29.6 Å². The molecule has 0 aromatic rings. The quantitative estimate of drug-likeness (QED) is 0.761. The van der Waals surface area contributed by atoms with Gasteiger partial charge in [0.05, 0.1) is 0 Å². The second kappa shape index (κ2) is 6.12. The van der Waals surface area contributed by atoms with Crippen molar-refractivity contribution in [1.82, 2.24) is 0 Å². The zero-order chi connectivity index (χ0) is 13.9. The maximum atomic E-state index is 8.56. The van der Waals surface area contributed by atoms with E-state index in [4.69, 9.17) is 19.7 Å². The van der Waals surface area contributed by atoms with Gasteiger partial charge in [0, 0.05) is 13.2 Å². The Kier molecular flexibility index (Phi) is 4.71. The summed E-state index contributed by atoms with van der Waals surface area (Å²) in [5.41, 5.74) is 0.726. The highest BCUT2D eigenvalue weighted by Crippen LogP contribution is 2.61. The van der Waals surface area contributed by atoms with Gasteiger partial charge in [-0.2, -0.15) is 0 Å². The first-order valence-electron chi connectivity index (χ1n) is 7.52. The Balaban J connectivity index is 0.000000297. The second-order valence-corrected chi connectivity index (χ2v) is 6.65. The predicted molar refractivity (Wildman–Crippen MR) is 72.4 cm³/mol. The first kappa shape index (κ1) is 14.6. The minimum atomic E-state index is -1.83. The smallest absolute Gasteiger partial charge is 0.450 e. The van der Waals surface area contributed by atoms with Crippen molar-refractivity contribution in [2.45, 2.75) is 51.9 Å². The largest absolute Gasteiger partial charge is 0.503 e. The minimum absolute atomic E-state index is 0.726. The summed E-state index contributed by atoms with van der Waals surface area (Å²) < 4.78 is 5.57. The molecule has 0 aromatic heterocycles. The van der Waals surface area contributed by atoms with Crippen LogP contribution >= 0.6 is 0 Å². The number of carboxylic acid groups (broad SMARTS) is 2. The van der Waals surface area contributed by atoms with E-state index in [1.807, 2.05) is 0 Å². The van der Waals surface area contributed by atoms with Crippen molar-refractivity contribution >= 4 is 6.16 Å². The Morgan fingerprint density at radius 1 is 1.11 bits per heavy atom. The molecular weight excluding hydrogens is 244 g/mol. The van der Waals surface area contributed by atoms with E-state index in [1.165, 1.54) is 25.7 Å². The number of ether oxygens (including phenoxy) is 1. The fourth-order valence-corrected chi connectivity index (χ4v) is 5.03. The third kappa shape index (κ3) is 3.85. The average Bonchev–Trinajstić information content (AvgIpc) is 2.26. The zero-order valence-corrected chi connectivity index (χ0v) is 11.8. The second-order valence-electron chi connectivity index (χ2n) is 6.65. The van der Waals surface area contributed by atoms with Crippen LogP contribution in [0.2, 0.25) is 0 Å². The van der Waals surface area contributed by atoms with Crippen molar-refractivity contribution in [2.24, 2.45) is 23.2 Å². The van der Waals surface area contributed by atoms with Gasteiger partial charge in [-0.3, -0.25) is 0 Å². The van der Waals surface area contributed by atoms with Gasteiger partial charge in [-0.15, -0.1) is 0 Å². The molecule has 0 amide bonds. The van der Waals surface area contributed by atoms with Crippen molar-refractivity contribution in [2.75, 3.05) is 13.2 Å². The van der Waals surface area contributed by atoms with Crippen molar-refractivity contribution < 1.29 is 19.7 Å². The highest BCUT2D eigenvalue weighted by atomic mass is 16.6. The molecule has 4 aliphatic carbocycles. The highest BCUT2D eigenvalue weighted by molar-refractivity contribution is 5.53. The van der Waals surface area contributed by atoms with Gasteiger partial charge >= 0.3 is 6.16 Å². The molecule has 4 fully saturated rings. The maximum Gasteiger partial charge on any atom is 0.503 e. The van der Waals surface area contributed by atoms with E-state index in [-0.39, 0.29) is 0 Å². The van der Waals surface area contributed by atoms with Crippen LogP contribution < -0.4 is 0 Å². The predicted octanol–water partition coefficient (Wildman–Crippen LogP) is 3.85. The number of hydrogen-bond donors (Lipinski definition) is 2. The number of rotatable bonds is 4. The van der Waals surface area contributed by atoms with E-state index < -0.39 is 6.16 Å². The molecule has 2 N–H and O–H groups in total. The summed E-state index contributed by atoms with van der Waals surface area (Å²) in [4.78, 5) is 8.56. The first-order valence-corrected chi connectivity index (χ1v) is 7.52. The van der Waals surface area contributed by atoms with Gasteiger partial charge in [0.2, 0.25) is 0 Å². The van der Waals surface area contributed by atoms with E-state index in [2.05, 4.69) is 6.92 Å². The summed E-state index contributed by atoms with van der Waals surface area (Å²) in [5, 5.41) is 13.9. The summed E-state index contributed by atoms with van der Waals surface area (Å²) in [7, 11) is 0. The molecule has 0 spiro atoms. The van der Waals surface area contributed by atoms with Crippen molar-refractivity contribution in [1.29, 1.82) is 0 Å². The molecule has 0 radical (unpaired) electrons. The van der Waals surface area contributed by atoms with Gasteiger partial charge in [-0.25, -0.2) is 4.79 Å². The Bertz CT molecular complexity index is 274. The monoisotopic (exact) mass is 270 g/mol. The van der Waals surface area contributed by atoms with Crippen molar-refractivity contribution in [3.05, 3.63) is 0 Å². The maximum absolute atomic E-state index is 8.56. The van der Waals surface area contributed by atoms with Crippen LogP contribution in [0.15, 0.2) is 0 Å². The Hall–Kier alpha value is -0.770. The van der Waals surface area contributed by atoms with E-state index in [0.29, 0.717) is 0 Å². The zero-order valence-electron chi connectivity index (χ0n) is 11.8. The molecule has 4 saturated carbocycles. The van der Waals surface area contributed by atoms with Crippen molar-refractivity contribution in [3.63, 3.8) is 0 Å². The molecular formula is C15H26O4. The third-order valence-corrected chi connectivity index (χ3v) is 5.15. The molecule has 0 aromatic carbocycles. The molecule has 0 heterocycles. The highest BCUT2D eigenvalue weighted by Gasteiger charge is 2.50. The topological polar surface area (TPSA) is 66.8 Å². The lowest BCUT2D eigenvalue weighted by atomic mass is 9.49. The molecule has 0 unspecified atom stereocenters. The molecule has 19 heavy (non-hydrogen) atoms. The van der Waals surface area contributed by atoms with Gasteiger partial charge in [-0.1, -0.05) is 0 Å². The molecule has 4 rings (SSSR count). The summed E-state index contributed by atoms with van der Waals surface area (Å²) in [6, 6.07) is 0. The third-order valence-electron chi connectivity index (χ3n) is 5.15. The minimum Gasteiger partial charge on any atom is -0.450 e. The molecule has 0 saturated heterocycles. The Morgan fingerprint density at radius 3 is 1.89 bits per heavy atom. The van der Waals surface area contributed by atoms with E-state index in [9.17, 15) is 0 Å². The summed E-state index contributed by atoms with van der Waals surface area (Å²) in [5.74, 6) is 3.29. The number of carbonyl (C=O) groups is 1. The lowest BCUT2D eigenvalue weighted by molar-refractivity contribution is -0.0682. The van der Waals surface area contributed by atoms with Crippen LogP contribution in [0.25, 0.3) is 0 Å². The molecule has 0 atom stereocenters. The molecule has 0 aliphatic heterocycles. The van der Waals surface area contributed by atoms with Gasteiger partial charge in [-0.05, 0) is 75.0 Å². The van der Waals surface area contributed by atoms with Crippen LogP contribution in [0, 0.1) is 23.2 Å². The summed E-state index contributed by atoms with van der Waals surface area (Å²) >= 11 is 0. The van der Waals surface area contributed by atoms with E-state index in [0.717, 1.165) is 36.4 Å². The Morgan fingerprint density at radius 2 is 1.53 bits per heavy atom. The molecule has 110 valence electrons. The molecule has 4 heteroatoms. The number of hydrogen-bond acceptors (Lipinski definition) is 2. The van der Waals surface area contributed by atoms with E-state index in [1.54, 1.807) is 19.3 Å². The molecule has 4 nitrogen and oxygen atoms in total. The summed E-state index contributed by atoms with van der Waals surface area (Å²) in [6.45, 7) is 4.02. The van der Waals surface area contributed by atoms with Crippen LogP contribution in [-0.2, 0) is 4.74 Å². The lowest BCUT2D eigenvalue weighted by Gasteiger charge is -2.57. The van der Waals surface area contributed by atoms with Crippen LogP contribution in [0.1, 0.15) is 51.9 Å². The van der Waals surface area contributed by atoms with Gasteiger partial charge in [0.15, 0.2) is 0 Å². The fraction of sp³-hybridized carbons (Fsp3) is 0.933. The average molecular weight is 270 g/mol. The first-order chi connectivity index (χ1) is 9.03. The van der Waals surface area contributed by atoms with Gasteiger partial charge in [0.25, 0.3) is 0 Å². The molecule has 4 bridgehead atoms. The lowest BCUT2D eigenvalue weighted by Crippen LogP contribution is -2.46. The van der Waals surface area contributed by atoms with Crippen LogP contribution in [0.4, 0.5) is 4.79 Å². The Labute approximate surface area is 115 Å². The van der Waals surface area contributed by atoms with Gasteiger partial charge in [0.1, 0.15) is 0 Å². The summed E-state index contributed by atoms with van der Waals surface area (Å²) in [6.07, 6.45) is 8.81. The standard InChI is InChI=1S/C14H24O.CH2O3/c1-2-15-4-3-14-8-11-5-12(9-14)7-13(6-11)10-14;2-1(3)4/h11-13H,2-10H2,1H3;(H2,2,3,4). The fourth-order valence-electron chi connectivity index (χ4n) is 5.03.